The van der Waals surface area contributed by atoms with E-state index in [0.29, 0.717) is 0 Å². The van der Waals surface area contributed by atoms with E-state index in [1.54, 1.807) is 0 Å². The van der Waals surface area contributed by atoms with Crippen molar-refractivity contribution in [3.05, 3.63) is 43.0 Å². The van der Waals surface area contributed by atoms with Crippen molar-refractivity contribution in [2.75, 3.05) is 12.8 Å². The first kappa shape index (κ1) is 17.1. The number of anilines is 1. The minimum atomic E-state index is -3.74. The Morgan fingerprint density at radius 1 is 1.38 bits per heavy atom. The molecule has 0 saturated carbocycles. The average Bonchev–Trinajstić information content (AvgIpc) is 2.81. The molecule has 0 atom stereocenters. The van der Waals surface area contributed by atoms with Crippen LogP contribution in [0.4, 0.5) is 5.69 Å². The summed E-state index contributed by atoms with van der Waals surface area (Å²) in [5, 5.41) is 2.06. The zero-order chi connectivity index (χ0) is 15.8. The first-order valence-electron chi connectivity index (χ1n) is 5.66. The van der Waals surface area contributed by atoms with Crippen LogP contribution >= 0.6 is 50.5 Å². The van der Waals surface area contributed by atoms with Crippen LogP contribution in [0.2, 0.25) is 10.0 Å². The van der Waals surface area contributed by atoms with E-state index in [4.69, 9.17) is 28.9 Å². The van der Waals surface area contributed by atoms with Crippen LogP contribution in [0.25, 0.3) is 0 Å². The molecule has 4 nitrogen and oxygen atoms in total. The standard InChI is InChI=1S/C12H11BrCl2N2O2S2/c1-17(5-8-4-7(13)6-20-8)21(18,19)10-3-2-9(14)12(16)11(10)15/h2-4,6H,5,16H2,1H3. The molecule has 1 heterocycles. The van der Waals surface area contributed by atoms with Crippen LogP contribution in [-0.2, 0) is 16.6 Å². The van der Waals surface area contributed by atoms with Crippen molar-refractivity contribution >= 4 is 66.2 Å². The monoisotopic (exact) mass is 428 g/mol. The van der Waals surface area contributed by atoms with Gasteiger partial charge in [-0.2, -0.15) is 4.31 Å². The van der Waals surface area contributed by atoms with E-state index in [2.05, 4.69) is 15.9 Å². The molecular weight excluding hydrogens is 419 g/mol. The maximum absolute atomic E-state index is 12.6. The Morgan fingerprint density at radius 2 is 2.05 bits per heavy atom. The van der Waals surface area contributed by atoms with Gasteiger partial charge >= 0.3 is 0 Å². The molecule has 0 bridgehead atoms. The highest BCUT2D eigenvalue weighted by Crippen LogP contribution is 2.34. The van der Waals surface area contributed by atoms with E-state index < -0.39 is 10.0 Å². The summed E-state index contributed by atoms with van der Waals surface area (Å²) in [7, 11) is -2.25. The van der Waals surface area contributed by atoms with Crippen LogP contribution in [-0.4, -0.2) is 19.8 Å². The minimum absolute atomic E-state index is 0.0517. The van der Waals surface area contributed by atoms with Gasteiger partial charge in [0.2, 0.25) is 10.0 Å². The van der Waals surface area contributed by atoms with Crippen molar-refractivity contribution in [1.29, 1.82) is 0 Å². The SMILES string of the molecule is CN(Cc1cc(Br)cs1)S(=O)(=O)c1ccc(Cl)c(N)c1Cl. The molecule has 0 spiro atoms. The molecule has 21 heavy (non-hydrogen) atoms. The molecular formula is C12H11BrCl2N2O2S2. The number of rotatable bonds is 4. The largest absolute Gasteiger partial charge is 0.396 e. The Kier molecular flexibility index (Phi) is 5.23. The van der Waals surface area contributed by atoms with E-state index in [-0.39, 0.29) is 27.2 Å². The van der Waals surface area contributed by atoms with Gasteiger partial charge in [-0.3, -0.25) is 0 Å². The summed E-state index contributed by atoms with van der Waals surface area (Å²) < 4.78 is 27.3. The molecule has 0 radical (unpaired) electrons. The number of benzene rings is 1. The van der Waals surface area contributed by atoms with Gasteiger partial charge in [-0.15, -0.1) is 11.3 Å². The molecule has 9 heteroatoms. The van der Waals surface area contributed by atoms with E-state index in [0.717, 1.165) is 9.35 Å². The van der Waals surface area contributed by atoms with E-state index >= 15 is 0 Å². The van der Waals surface area contributed by atoms with Gasteiger partial charge in [-0.05, 0) is 34.1 Å². The van der Waals surface area contributed by atoms with Crippen molar-refractivity contribution in [3.8, 4) is 0 Å². The summed E-state index contributed by atoms with van der Waals surface area (Å²) in [5.74, 6) is 0. The molecule has 2 rings (SSSR count). The molecule has 0 fully saturated rings. The topological polar surface area (TPSA) is 63.4 Å². The maximum atomic E-state index is 12.6. The molecule has 2 N–H and O–H groups in total. The lowest BCUT2D eigenvalue weighted by Gasteiger charge is -2.18. The second-order valence-electron chi connectivity index (χ2n) is 4.27. The summed E-state index contributed by atoms with van der Waals surface area (Å²) in [6.45, 7) is 0.247. The highest BCUT2D eigenvalue weighted by Gasteiger charge is 2.25. The number of sulfonamides is 1. The molecule has 0 aliphatic heterocycles. The van der Waals surface area contributed by atoms with E-state index in [9.17, 15) is 8.42 Å². The second kappa shape index (κ2) is 6.44. The van der Waals surface area contributed by atoms with Crippen molar-refractivity contribution in [2.45, 2.75) is 11.4 Å². The molecule has 0 saturated heterocycles. The third kappa shape index (κ3) is 3.55. The Bertz CT molecular complexity index is 778. The van der Waals surface area contributed by atoms with Crippen LogP contribution in [0.1, 0.15) is 4.88 Å². The van der Waals surface area contributed by atoms with Crippen molar-refractivity contribution < 1.29 is 8.42 Å². The van der Waals surface area contributed by atoms with Gasteiger partial charge in [-0.25, -0.2) is 8.42 Å². The number of nitrogens with zero attached hydrogens (tertiary/aromatic N) is 1. The molecule has 0 unspecified atom stereocenters. The van der Waals surface area contributed by atoms with Gasteiger partial charge in [-0.1, -0.05) is 23.2 Å². The molecule has 114 valence electrons. The molecule has 2 aromatic rings. The van der Waals surface area contributed by atoms with Gasteiger partial charge in [0.1, 0.15) is 4.90 Å². The summed E-state index contributed by atoms with van der Waals surface area (Å²) in [6.07, 6.45) is 0. The third-order valence-electron chi connectivity index (χ3n) is 2.78. The Hall–Kier alpha value is -0.310. The average molecular weight is 430 g/mol. The molecule has 0 aliphatic carbocycles. The smallest absolute Gasteiger partial charge is 0.244 e. The fourth-order valence-corrected chi connectivity index (χ4v) is 5.13. The number of thiophene rings is 1. The fourth-order valence-electron chi connectivity index (χ4n) is 1.66. The van der Waals surface area contributed by atoms with Crippen LogP contribution < -0.4 is 5.73 Å². The lowest BCUT2D eigenvalue weighted by Crippen LogP contribution is -2.26. The lowest BCUT2D eigenvalue weighted by molar-refractivity contribution is 0.469. The summed E-state index contributed by atoms with van der Waals surface area (Å²) in [6, 6.07) is 4.65. The maximum Gasteiger partial charge on any atom is 0.244 e. The van der Waals surface area contributed by atoms with Crippen LogP contribution in [0, 0.1) is 0 Å². The molecule has 1 aromatic carbocycles. The zero-order valence-corrected chi connectivity index (χ0v) is 15.5. The molecule has 0 aliphatic rings. The predicted molar refractivity (Wildman–Crippen MR) is 91.5 cm³/mol. The van der Waals surface area contributed by atoms with Gasteiger partial charge in [0.15, 0.2) is 0 Å². The summed E-state index contributed by atoms with van der Waals surface area (Å²) >= 11 is 16.6. The van der Waals surface area contributed by atoms with Gasteiger partial charge < -0.3 is 5.73 Å². The third-order valence-corrected chi connectivity index (χ3v) is 7.16. The number of nitrogen functional groups attached to an aromatic ring is 1. The number of halogens is 3. The van der Waals surface area contributed by atoms with Crippen molar-refractivity contribution in [3.63, 3.8) is 0 Å². The highest BCUT2D eigenvalue weighted by molar-refractivity contribution is 9.10. The van der Waals surface area contributed by atoms with Crippen molar-refractivity contribution in [2.24, 2.45) is 0 Å². The van der Waals surface area contributed by atoms with E-state index in [1.807, 2.05) is 11.4 Å². The Morgan fingerprint density at radius 3 is 2.62 bits per heavy atom. The van der Waals surface area contributed by atoms with Crippen LogP contribution in [0.5, 0.6) is 0 Å². The second-order valence-corrected chi connectivity index (χ2v) is 8.98. The zero-order valence-electron chi connectivity index (χ0n) is 10.8. The van der Waals surface area contributed by atoms with Gasteiger partial charge in [0, 0.05) is 28.3 Å². The first-order valence-corrected chi connectivity index (χ1v) is 9.53. The Labute approximate surface area is 145 Å². The number of hydrogen-bond acceptors (Lipinski definition) is 4. The minimum Gasteiger partial charge on any atom is -0.396 e. The summed E-state index contributed by atoms with van der Waals surface area (Å²) in [4.78, 5) is 0.857. The lowest BCUT2D eigenvalue weighted by atomic mass is 10.3. The van der Waals surface area contributed by atoms with E-state index in [1.165, 1.54) is 34.8 Å². The van der Waals surface area contributed by atoms with Gasteiger partial charge in [0.25, 0.3) is 0 Å². The Balaban J connectivity index is 2.35. The number of nitrogens with two attached hydrogens (primary N) is 1. The normalized spacial score (nSPS) is 12.0. The van der Waals surface area contributed by atoms with Crippen LogP contribution in [0.15, 0.2) is 32.9 Å². The van der Waals surface area contributed by atoms with Crippen molar-refractivity contribution in [1.82, 2.24) is 4.31 Å². The van der Waals surface area contributed by atoms with Gasteiger partial charge in [0.05, 0.1) is 15.7 Å². The summed E-state index contributed by atoms with van der Waals surface area (Å²) in [5.41, 5.74) is 5.75. The fraction of sp³-hybridized carbons (Fsp3) is 0.167. The first-order chi connectivity index (χ1) is 9.73. The van der Waals surface area contributed by atoms with Crippen LogP contribution in [0.3, 0.4) is 0 Å². The quantitative estimate of drug-likeness (QED) is 0.740. The number of hydrogen-bond donors (Lipinski definition) is 1. The molecule has 0 amide bonds. The predicted octanol–water partition coefficient (Wildman–Crippen LogP) is 4.22. The highest BCUT2D eigenvalue weighted by atomic mass is 79.9. The molecule has 1 aromatic heterocycles.